The number of para-hydroxylation sites is 1. The molecule has 0 aliphatic heterocycles. The van der Waals surface area contributed by atoms with Gasteiger partial charge in [-0.05, 0) is 75.6 Å². The van der Waals surface area contributed by atoms with Gasteiger partial charge in [-0.2, -0.15) is 0 Å². The van der Waals surface area contributed by atoms with Crippen molar-refractivity contribution in [3.8, 4) is 11.1 Å². The number of nitrogens with zero attached hydrogens (tertiary/aromatic N) is 3. The molecule has 0 spiro atoms. The average molecular weight is 374 g/mol. The van der Waals surface area contributed by atoms with Crippen molar-refractivity contribution < 1.29 is 0 Å². The SMILES string of the molecule is CCCN(CC1CC1)c1nc(C)nc2c(-c3c(C)cc(C)cc3C)cccc12. The molecule has 0 bridgehead atoms. The molecule has 3 aromatic rings. The molecule has 1 fully saturated rings. The Labute approximate surface area is 168 Å². The standard InChI is InChI=1S/C25H31N3/c1-6-12-28(15-20-10-11-20)25-22-9-7-8-21(24(22)26-19(5)27-25)23-17(3)13-16(2)14-18(23)4/h7-9,13-14,20H,6,10-12,15H2,1-5H3. The maximum absolute atomic E-state index is 4.92. The Morgan fingerprint density at radius 2 is 1.71 bits per heavy atom. The van der Waals surface area contributed by atoms with Gasteiger partial charge in [0.05, 0.1) is 5.52 Å². The zero-order chi connectivity index (χ0) is 19.8. The monoisotopic (exact) mass is 373 g/mol. The molecule has 1 aliphatic carbocycles. The first-order chi connectivity index (χ1) is 13.5. The van der Waals surface area contributed by atoms with E-state index in [0.717, 1.165) is 42.6 Å². The van der Waals surface area contributed by atoms with E-state index in [0.29, 0.717) is 0 Å². The summed E-state index contributed by atoms with van der Waals surface area (Å²) in [5, 5.41) is 1.18. The Balaban J connectivity index is 1.92. The van der Waals surface area contributed by atoms with Crippen molar-refractivity contribution >= 4 is 16.7 Å². The van der Waals surface area contributed by atoms with Crippen molar-refractivity contribution in [2.75, 3.05) is 18.0 Å². The Bertz CT molecular complexity index is 995. The molecule has 3 heteroatoms. The van der Waals surface area contributed by atoms with E-state index >= 15 is 0 Å². The molecule has 0 atom stereocenters. The summed E-state index contributed by atoms with van der Waals surface area (Å²) in [6.07, 6.45) is 3.84. The quantitative estimate of drug-likeness (QED) is 0.518. The van der Waals surface area contributed by atoms with E-state index in [1.807, 2.05) is 6.92 Å². The number of rotatable bonds is 6. The van der Waals surface area contributed by atoms with Gasteiger partial charge in [-0.15, -0.1) is 0 Å². The highest BCUT2D eigenvalue weighted by atomic mass is 15.2. The summed E-state index contributed by atoms with van der Waals surface area (Å²) in [5.41, 5.74) is 7.55. The maximum atomic E-state index is 4.92. The van der Waals surface area contributed by atoms with E-state index in [2.05, 4.69) is 62.9 Å². The fraction of sp³-hybridized carbons (Fsp3) is 0.440. The third-order valence-corrected chi connectivity index (χ3v) is 5.73. The molecular weight excluding hydrogens is 342 g/mol. The third kappa shape index (κ3) is 3.63. The minimum absolute atomic E-state index is 0.835. The van der Waals surface area contributed by atoms with Gasteiger partial charge in [0.2, 0.25) is 0 Å². The van der Waals surface area contributed by atoms with Gasteiger partial charge in [0.25, 0.3) is 0 Å². The van der Waals surface area contributed by atoms with Gasteiger partial charge in [-0.1, -0.05) is 36.8 Å². The zero-order valence-electron chi connectivity index (χ0n) is 17.8. The van der Waals surface area contributed by atoms with Crippen LogP contribution in [0.5, 0.6) is 0 Å². The number of aromatic nitrogens is 2. The lowest BCUT2D eigenvalue weighted by atomic mass is 9.92. The van der Waals surface area contributed by atoms with Crippen LogP contribution in [0, 0.1) is 33.6 Å². The molecule has 2 aromatic carbocycles. The minimum Gasteiger partial charge on any atom is -0.356 e. The van der Waals surface area contributed by atoms with Gasteiger partial charge >= 0.3 is 0 Å². The van der Waals surface area contributed by atoms with Crippen LogP contribution in [0.15, 0.2) is 30.3 Å². The van der Waals surface area contributed by atoms with E-state index in [4.69, 9.17) is 9.97 Å². The number of benzene rings is 2. The number of hydrogen-bond acceptors (Lipinski definition) is 3. The summed E-state index contributed by atoms with van der Waals surface area (Å²) in [7, 11) is 0. The molecular formula is C25H31N3. The van der Waals surface area contributed by atoms with Crippen molar-refractivity contribution in [2.45, 2.75) is 53.9 Å². The van der Waals surface area contributed by atoms with E-state index < -0.39 is 0 Å². The van der Waals surface area contributed by atoms with Gasteiger partial charge in [-0.25, -0.2) is 9.97 Å². The lowest BCUT2D eigenvalue weighted by Gasteiger charge is -2.25. The van der Waals surface area contributed by atoms with Crippen LogP contribution < -0.4 is 4.90 Å². The van der Waals surface area contributed by atoms with Crippen LogP contribution in [0.3, 0.4) is 0 Å². The number of anilines is 1. The van der Waals surface area contributed by atoms with Crippen LogP contribution in [-0.2, 0) is 0 Å². The molecule has 3 nitrogen and oxygen atoms in total. The van der Waals surface area contributed by atoms with Crippen LogP contribution in [0.1, 0.15) is 48.7 Å². The van der Waals surface area contributed by atoms with Crippen LogP contribution in [0.25, 0.3) is 22.0 Å². The van der Waals surface area contributed by atoms with Crippen molar-refractivity contribution in [3.05, 3.63) is 52.8 Å². The first kappa shape index (κ1) is 18.9. The highest BCUT2D eigenvalue weighted by Gasteiger charge is 2.26. The molecule has 0 N–H and O–H groups in total. The summed E-state index contributed by atoms with van der Waals surface area (Å²) < 4.78 is 0. The number of hydrogen-bond donors (Lipinski definition) is 0. The fourth-order valence-electron chi connectivity index (χ4n) is 4.46. The largest absolute Gasteiger partial charge is 0.356 e. The predicted octanol–water partition coefficient (Wildman–Crippen LogP) is 6.16. The smallest absolute Gasteiger partial charge is 0.140 e. The predicted molar refractivity (Wildman–Crippen MR) is 119 cm³/mol. The van der Waals surface area contributed by atoms with Crippen LogP contribution >= 0.6 is 0 Å². The van der Waals surface area contributed by atoms with Gasteiger partial charge in [0, 0.05) is 24.0 Å². The number of fused-ring (bicyclic) bond motifs is 1. The summed E-state index contributed by atoms with van der Waals surface area (Å²) >= 11 is 0. The lowest BCUT2D eigenvalue weighted by Crippen LogP contribution is -2.28. The molecule has 1 heterocycles. The average Bonchev–Trinajstić information content (AvgIpc) is 3.44. The molecule has 1 saturated carbocycles. The van der Waals surface area contributed by atoms with Gasteiger partial charge < -0.3 is 4.90 Å². The molecule has 1 aromatic heterocycles. The highest BCUT2D eigenvalue weighted by Crippen LogP contribution is 2.37. The molecule has 28 heavy (non-hydrogen) atoms. The maximum Gasteiger partial charge on any atom is 0.140 e. The molecule has 0 amide bonds. The summed E-state index contributed by atoms with van der Waals surface area (Å²) in [6.45, 7) is 13.0. The van der Waals surface area contributed by atoms with E-state index in [1.165, 1.54) is 46.0 Å². The topological polar surface area (TPSA) is 29.0 Å². The number of aryl methyl sites for hydroxylation is 4. The minimum atomic E-state index is 0.835. The Morgan fingerprint density at radius 1 is 1.00 bits per heavy atom. The normalized spacial score (nSPS) is 13.9. The second kappa shape index (κ2) is 7.54. The molecule has 1 aliphatic rings. The third-order valence-electron chi connectivity index (χ3n) is 5.73. The second-order valence-electron chi connectivity index (χ2n) is 8.46. The first-order valence-corrected chi connectivity index (χ1v) is 10.6. The van der Waals surface area contributed by atoms with Gasteiger partial charge in [0.1, 0.15) is 11.6 Å². The Hall–Kier alpha value is -2.42. The zero-order valence-corrected chi connectivity index (χ0v) is 17.8. The first-order valence-electron chi connectivity index (χ1n) is 10.6. The Kier molecular flexibility index (Phi) is 5.09. The van der Waals surface area contributed by atoms with Crippen LogP contribution in [-0.4, -0.2) is 23.1 Å². The summed E-state index contributed by atoms with van der Waals surface area (Å²) in [6, 6.07) is 11.1. The summed E-state index contributed by atoms with van der Waals surface area (Å²) in [4.78, 5) is 12.3. The van der Waals surface area contributed by atoms with E-state index in [-0.39, 0.29) is 0 Å². The van der Waals surface area contributed by atoms with Crippen molar-refractivity contribution in [2.24, 2.45) is 5.92 Å². The van der Waals surface area contributed by atoms with Crippen LogP contribution in [0.4, 0.5) is 5.82 Å². The molecule has 146 valence electrons. The molecule has 0 radical (unpaired) electrons. The molecule has 0 saturated heterocycles. The highest BCUT2D eigenvalue weighted by molar-refractivity contribution is 6.00. The van der Waals surface area contributed by atoms with Crippen molar-refractivity contribution in [1.29, 1.82) is 0 Å². The molecule has 4 rings (SSSR count). The Morgan fingerprint density at radius 3 is 2.36 bits per heavy atom. The van der Waals surface area contributed by atoms with Crippen LogP contribution in [0.2, 0.25) is 0 Å². The van der Waals surface area contributed by atoms with E-state index in [9.17, 15) is 0 Å². The fourth-order valence-corrected chi connectivity index (χ4v) is 4.46. The van der Waals surface area contributed by atoms with Gasteiger partial charge in [0.15, 0.2) is 0 Å². The lowest BCUT2D eigenvalue weighted by molar-refractivity contribution is 0.699. The van der Waals surface area contributed by atoms with Crippen molar-refractivity contribution in [3.63, 3.8) is 0 Å². The van der Waals surface area contributed by atoms with Crippen molar-refractivity contribution in [1.82, 2.24) is 9.97 Å². The van der Waals surface area contributed by atoms with Gasteiger partial charge in [-0.3, -0.25) is 0 Å². The summed E-state index contributed by atoms with van der Waals surface area (Å²) in [5.74, 6) is 2.80. The molecule has 0 unspecified atom stereocenters. The van der Waals surface area contributed by atoms with E-state index in [1.54, 1.807) is 0 Å². The second-order valence-corrected chi connectivity index (χ2v) is 8.46.